The van der Waals surface area contributed by atoms with Gasteiger partial charge in [-0.3, -0.25) is 9.78 Å². The molecule has 2 N–H and O–H groups in total. The number of pyridine rings is 1. The van der Waals surface area contributed by atoms with Gasteiger partial charge < -0.3 is 10.5 Å². The van der Waals surface area contributed by atoms with Crippen LogP contribution in [0.3, 0.4) is 0 Å². The van der Waals surface area contributed by atoms with E-state index < -0.39 is 0 Å². The average Bonchev–Trinajstić information content (AvgIpc) is 2.58. The number of nitrogen functional groups attached to an aromatic ring is 1. The molecule has 0 bridgehead atoms. The van der Waals surface area contributed by atoms with Crippen molar-refractivity contribution in [3.05, 3.63) is 66.0 Å². The van der Waals surface area contributed by atoms with E-state index in [1.54, 1.807) is 6.20 Å². The second-order valence-corrected chi connectivity index (χ2v) is 5.31. The Morgan fingerprint density at radius 1 is 1.22 bits per heavy atom. The third-order valence-corrected chi connectivity index (χ3v) is 3.58. The zero-order chi connectivity index (χ0) is 16.5. The Balaban J connectivity index is 2.11. The molecule has 0 saturated heterocycles. The monoisotopic (exact) mass is 310 g/mol. The van der Waals surface area contributed by atoms with Crippen molar-refractivity contribution in [2.24, 2.45) is 0 Å². The SMILES string of the molecule is COC(=O)CCCC/C=C(\c1cccnc1)c1cccc(N)c1. The van der Waals surface area contributed by atoms with Crippen molar-refractivity contribution in [3.8, 4) is 0 Å². The number of carbonyl (C=O) groups excluding carboxylic acids is 1. The third-order valence-electron chi connectivity index (χ3n) is 3.58. The van der Waals surface area contributed by atoms with Crippen molar-refractivity contribution in [2.45, 2.75) is 25.7 Å². The fourth-order valence-electron chi connectivity index (χ4n) is 2.39. The molecule has 0 atom stereocenters. The standard InChI is InChI=1S/C19H22N2O2/c1-23-19(22)11-4-2-3-10-18(16-8-6-12-21-14-16)15-7-5-9-17(20)13-15/h5-10,12-14H,2-4,11,20H2,1H3/b18-10-. The van der Waals surface area contributed by atoms with E-state index in [1.807, 2.05) is 42.6 Å². The molecular formula is C19H22N2O2. The minimum absolute atomic E-state index is 0.155. The van der Waals surface area contributed by atoms with E-state index in [9.17, 15) is 4.79 Å². The normalized spacial score (nSPS) is 11.3. The molecule has 23 heavy (non-hydrogen) atoms. The summed E-state index contributed by atoms with van der Waals surface area (Å²) in [5, 5.41) is 0. The molecule has 0 unspecified atom stereocenters. The largest absolute Gasteiger partial charge is 0.469 e. The van der Waals surface area contributed by atoms with Gasteiger partial charge in [0.15, 0.2) is 0 Å². The first-order valence-electron chi connectivity index (χ1n) is 7.74. The molecule has 4 nitrogen and oxygen atoms in total. The van der Waals surface area contributed by atoms with Gasteiger partial charge in [-0.2, -0.15) is 0 Å². The predicted molar refractivity (Wildman–Crippen MR) is 92.7 cm³/mol. The van der Waals surface area contributed by atoms with Crippen LogP contribution in [0.5, 0.6) is 0 Å². The number of anilines is 1. The summed E-state index contributed by atoms with van der Waals surface area (Å²) in [6, 6.07) is 11.8. The van der Waals surface area contributed by atoms with E-state index >= 15 is 0 Å². The second-order valence-electron chi connectivity index (χ2n) is 5.31. The molecule has 0 radical (unpaired) electrons. The van der Waals surface area contributed by atoms with Crippen LogP contribution in [0.25, 0.3) is 5.57 Å². The number of carbonyl (C=O) groups is 1. The number of hydrogen-bond donors (Lipinski definition) is 1. The highest BCUT2D eigenvalue weighted by Crippen LogP contribution is 2.25. The van der Waals surface area contributed by atoms with Crippen LogP contribution in [0.1, 0.15) is 36.8 Å². The zero-order valence-electron chi connectivity index (χ0n) is 13.4. The highest BCUT2D eigenvalue weighted by Gasteiger charge is 2.06. The zero-order valence-corrected chi connectivity index (χ0v) is 13.4. The second kappa shape index (κ2) is 8.73. The van der Waals surface area contributed by atoms with Crippen molar-refractivity contribution in [3.63, 3.8) is 0 Å². The highest BCUT2D eigenvalue weighted by molar-refractivity contribution is 5.80. The van der Waals surface area contributed by atoms with Gasteiger partial charge in [0.1, 0.15) is 0 Å². The van der Waals surface area contributed by atoms with E-state index in [0.29, 0.717) is 6.42 Å². The van der Waals surface area contributed by atoms with Gasteiger partial charge in [0.05, 0.1) is 7.11 Å². The summed E-state index contributed by atoms with van der Waals surface area (Å²) in [4.78, 5) is 15.3. The molecular weight excluding hydrogens is 288 g/mol. The molecule has 2 aromatic rings. The number of hydrogen-bond acceptors (Lipinski definition) is 4. The van der Waals surface area contributed by atoms with E-state index in [1.165, 1.54) is 7.11 Å². The Hall–Kier alpha value is -2.62. The van der Waals surface area contributed by atoms with Gasteiger partial charge in [0.25, 0.3) is 0 Å². The van der Waals surface area contributed by atoms with Crippen LogP contribution < -0.4 is 5.73 Å². The average molecular weight is 310 g/mol. The molecule has 0 amide bonds. The summed E-state index contributed by atoms with van der Waals surface area (Å²) in [6.45, 7) is 0. The number of benzene rings is 1. The van der Waals surface area contributed by atoms with Crippen LogP contribution in [0.4, 0.5) is 5.69 Å². The van der Waals surface area contributed by atoms with Gasteiger partial charge in [0, 0.05) is 30.1 Å². The van der Waals surface area contributed by atoms with E-state index in [0.717, 1.165) is 41.6 Å². The van der Waals surface area contributed by atoms with Gasteiger partial charge in [0.2, 0.25) is 0 Å². The minimum Gasteiger partial charge on any atom is -0.469 e. The molecule has 0 saturated carbocycles. The lowest BCUT2D eigenvalue weighted by Crippen LogP contribution is -1.99. The lowest BCUT2D eigenvalue weighted by atomic mass is 9.97. The molecule has 0 spiro atoms. The molecule has 0 aliphatic carbocycles. The van der Waals surface area contributed by atoms with Crippen LogP contribution in [-0.4, -0.2) is 18.1 Å². The fraction of sp³-hybridized carbons (Fsp3) is 0.263. The lowest BCUT2D eigenvalue weighted by molar-refractivity contribution is -0.140. The Kier molecular flexibility index (Phi) is 6.36. The van der Waals surface area contributed by atoms with Crippen LogP contribution in [-0.2, 0) is 9.53 Å². The quantitative estimate of drug-likeness (QED) is 0.479. The molecule has 0 fully saturated rings. The summed E-state index contributed by atoms with van der Waals surface area (Å²) in [6.07, 6.45) is 8.89. The molecule has 1 heterocycles. The number of esters is 1. The Morgan fingerprint density at radius 2 is 2.04 bits per heavy atom. The minimum atomic E-state index is -0.155. The van der Waals surface area contributed by atoms with Crippen molar-refractivity contribution < 1.29 is 9.53 Å². The molecule has 2 rings (SSSR count). The Bertz CT molecular complexity index is 666. The van der Waals surface area contributed by atoms with Crippen LogP contribution in [0, 0.1) is 0 Å². The van der Waals surface area contributed by atoms with Crippen molar-refractivity contribution in [2.75, 3.05) is 12.8 Å². The molecule has 1 aromatic carbocycles. The van der Waals surface area contributed by atoms with Crippen LogP contribution in [0.15, 0.2) is 54.9 Å². The maximum atomic E-state index is 11.1. The van der Waals surface area contributed by atoms with Gasteiger partial charge in [-0.05, 0) is 48.6 Å². The summed E-state index contributed by atoms with van der Waals surface area (Å²) in [5.41, 5.74) is 9.89. The number of unbranched alkanes of at least 4 members (excludes halogenated alkanes) is 2. The van der Waals surface area contributed by atoms with Gasteiger partial charge in [-0.15, -0.1) is 0 Å². The predicted octanol–water partition coefficient (Wildman–Crippen LogP) is 3.83. The molecule has 0 aliphatic rings. The maximum Gasteiger partial charge on any atom is 0.305 e. The van der Waals surface area contributed by atoms with Crippen molar-refractivity contribution >= 4 is 17.2 Å². The Morgan fingerprint density at radius 3 is 2.74 bits per heavy atom. The first-order chi connectivity index (χ1) is 11.2. The van der Waals surface area contributed by atoms with Crippen molar-refractivity contribution in [1.29, 1.82) is 0 Å². The Labute approximate surface area is 137 Å². The van der Waals surface area contributed by atoms with E-state index in [2.05, 4.69) is 15.8 Å². The van der Waals surface area contributed by atoms with E-state index in [-0.39, 0.29) is 5.97 Å². The first kappa shape index (κ1) is 16.7. The molecule has 120 valence electrons. The van der Waals surface area contributed by atoms with Gasteiger partial charge in [-0.1, -0.05) is 24.3 Å². The summed E-state index contributed by atoms with van der Waals surface area (Å²) in [5.74, 6) is -0.155. The number of allylic oxidation sites excluding steroid dienone is 1. The van der Waals surface area contributed by atoms with Gasteiger partial charge in [-0.25, -0.2) is 0 Å². The van der Waals surface area contributed by atoms with E-state index in [4.69, 9.17) is 5.73 Å². The third kappa shape index (κ3) is 5.25. The van der Waals surface area contributed by atoms with Gasteiger partial charge >= 0.3 is 5.97 Å². The summed E-state index contributed by atoms with van der Waals surface area (Å²) in [7, 11) is 1.42. The van der Waals surface area contributed by atoms with Crippen LogP contribution >= 0.6 is 0 Å². The summed E-state index contributed by atoms with van der Waals surface area (Å²) >= 11 is 0. The first-order valence-corrected chi connectivity index (χ1v) is 7.74. The number of nitrogens with two attached hydrogens (primary N) is 1. The number of methoxy groups -OCH3 is 1. The smallest absolute Gasteiger partial charge is 0.305 e. The lowest BCUT2D eigenvalue weighted by Gasteiger charge is -2.09. The number of nitrogens with zero attached hydrogens (tertiary/aromatic N) is 1. The molecule has 4 heteroatoms. The highest BCUT2D eigenvalue weighted by atomic mass is 16.5. The molecule has 1 aromatic heterocycles. The number of ether oxygens (including phenoxy) is 1. The number of rotatable bonds is 7. The molecule has 0 aliphatic heterocycles. The number of aromatic nitrogens is 1. The van der Waals surface area contributed by atoms with Crippen molar-refractivity contribution in [1.82, 2.24) is 4.98 Å². The van der Waals surface area contributed by atoms with Crippen LogP contribution in [0.2, 0.25) is 0 Å². The maximum absolute atomic E-state index is 11.1. The fourth-order valence-corrected chi connectivity index (χ4v) is 2.39. The summed E-state index contributed by atoms with van der Waals surface area (Å²) < 4.78 is 4.65. The topological polar surface area (TPSA) is 65.2 Å².